The van der Waals surface area contributed by atoms with Crippen molar-refractivity contribution in [2.45, 2.75) is 26.0 Å². The van der Waals surface area contributed by atoms with E-state index in [1.165, 1.54) is 0 Å². The highest BCUT2D eigenvalue weighted by Crippen LogP contribution is 2.18. The molecule has 0 bridgehead atoms. The van der Waals surface area contributed by atoms with Crippen molar-refractivity contribution in [3.05, 3.63) is 29.3 Å². The van der Waals surface area contributed by atoms with Crippen molar-refractivity contribution >= 4 is 11.7 Å². The van der Waals surface area contributed by atoms with Crippen LogP contribution in [0.2, 0.25) is 0 Å². The lowest BCUT2D eigenvalue weighted by Crippen LogP contribution is -2.48. The number of carbonyl (C=O) groups is 1. The highest BCUT2D eigenvalue weighted by molar-refractivity contribution is 5.89. The van der Waals surface area contributed by atoms with E-state index < -0.39 is 6.10 Å². The molecule has 2 N–H and O–H groups in total. The number of rotatable bonds is 3. The standard InChI is InChI=1S/C15H19N3O3/c1-3-18(13-8-21-9-14(13)19)15(20)17-12-5-4-10(2)11(6-12)7-16/h4-6,13-14,19H,3,8-9H2,1-2H3,(H,17,20)/t13-,14-/m0/s1. The molecule has 1 saturated heterocycles. The predicted molar refractivity (Wildman–Crippen MR) is 77.9 cm³/mol. The fourth-order valence-electron chi connectivity index (χ4n) is 2.37. The molecule has 1 aliphatic heterocycles. The molecule has 2 rings (SSSR count). The average molecular weight is 289 g/mol. The average Bonchev–Trinajstić information content (AvgIpc) is 2.88. The number of aryl methyl sites for hydroxylation is 1. The number of urea groups is 1. The minimum atomic E-state index is -0.664. The molecule has 0 unspecified atom stereocenters. The summed E-state index contributed by atoms with van der Waals surface area (Å²) in [6.45, 7) is 4.74. The normalized spacial score (nSPS) is 20.9. The summed E-state index contributed by atoms with van der Waals surface area (Å²) in [5.41, 5.74) is 1.96. The summed E-state index contributed by atoms with van der Waals surface area (Å²) in [7, 11) is 0. The maximum Gasteiger partial charge on any atom is 0.322 e. The van der Waals surface area contributed by atoms with Crippen molar-refractivity contribution in [1.29, 1.82) is 5.26 Å². The smallest absolute Gasteiger partial charge is 0.322 e. The minimum Gasteiger partial charge on any atom is -0.388 e. The van der Waals surface area contributed by atoms with Gasteiger partial charge in [-0.15, -0.1) is 0 Å². The Balaban J connectivity index is 2.11. The van der Waals surface area contributed by atoms with E-state index in [1.54, 1.807) is 23.1 Å². The number of aliphatic hydroxyl groups is 1. The third kappa shape index (κ3) is 3.32. The zero-order valence-corrected chi connectivity index (χ0v) is 12.2. The highest BCUT2D eigenvalue weighted by Gasteiger charge is 2.33. The van der Waals surface area contributed by atoms with Crippen LogP contribution in [0.25, 0.3) is 0 Å². The molecular formula is C15H19N3O3. The molecule has 112 valence electrons. The topological polar surface area (TPSA) is 85.6 Å². The number of aliphatic hydroxyl groups excluding tert-OH is 1. The predicted octanol–water partition coefficient (Wildman–Crippen LogP) is 1.48. The molecule has 1 aromatic carbocycles. The first-order valence-corrected chi connectivity index (χ1v) is 6.91. The summed E-state index contributed by atoms with van der Waals surface area (Å²) < 4.78 is 5.19. The van der Waals surface area contributed by atoms with E-state index in [0.29, 0.717) is 24.4 Å². The molecule has 6 nitrogen and oxygen atoms in total. The van der Waals surface area contributed by atoms with Crippen LogP contribution in [0.1, 0.15) is 18.1 Å². The van der Waals surface area contributed by atoms with Gasteiger partial charge < -0.3 is 20.1 Å². The summed E-state index contributed by atoms with van der Waals surface area (Å²) in [6.07, 6.45) is -0.664. The number of nitriles is 1. The Morgan fingerprint density at radius 2 is 2.33 bits per heavy atom. The summed E-state index contributed by atoms with van der Waals surface area (Å²) in [6, 6.07) is 6.63. The molecule has 6 heteroatoms. The second-order valence-electron chi connectivity index (χ2n) is 5.03. The van der Waals surface area contributed by atoms with Gasteiger partial charge in [-0.2, -0.15) is 5.26 Å². The number of likely N-dealkylation sites (N-methyl/N-ethyl adjacent to an activating group) is 1. The van der Waals surface area contributed by atoms with Gasteiger partial charge in [0.2, 0.25) is 0 Å². The lowest BCUT2D eigenvalue weighted by molar-refractivity contribution is 0.1000. The Morgan fingerprint density at radius 1 is 1.57 bits per heavy atom. The molecule has 1 aliphatic rings. The van der Waals surface area contributed by atoms with Crippen molar-refractivity contribution < 1.29 is 14.6 Å². The van der Waals surface area contributed by atoms with Crippen LogP contribution in [0.3, 0.4) is 0 Å². The molecule has 2 amide bonds. The Kier molecular flexibility index (Phi) is 4.78. The number of nitrogens with one attached hydrogen (secondary N) is 1. The van der Waals surface area contributed by atoms with Gasteiger partial charge in [-0.1, -0.05) is 6.07 Å². The van der Waals surface area contributed by atoms with Gasteiger partial charge in [0.25, 0.3) is 0 Å². The van der Waals surface area contributed by atoms with Crippen LogP contribution in [-0.2, 0) is 4.74 Å². The molecular weight excluding hydrogens is 270 g/mol. The van der Waals surface area contributed by atoms with E-state index >= 15 is 0 Å². The molecule has 1 fully saturated rings. The maximum atomic E-state index is 12.3. The second kappa shape index (κ2) is 6.57. The van der Waals surface area contributed by atoms with Crippen LogP contribution < -0.4 is 5.32 Å². The van der Waals surface area contributed by atoms with E-state index in [-0.39, 0.29) is 18.7 Å². The third-order valence-corrected chi connectivity index (χ3v) is 3.63. The van der Waals surface area contributed by atoms with Crippen LogP contribution >= 0.6 is 0 Å². The largest absolute Gasteiger partial charge is 0.388 e. The molecule has 1 heterocycles. The van der Waals surface area contributed by atoms with Gasteiger partial charge in [0.15, 0.2) is 0 Å². The van der Waals surface area contributed by atoms with Gasteiger partial charge in [-0.25, -0.2) is 4.79 Å². The number of benzene rings is 1. The van der Waals surface area contributed by atoms with Gasteiger partial charge in [0.1, 0.15) is 0 Å². The lowest BCUT2D eigenvalue weighted by Gasteiger charge is -2.28. The second-order valence-corrected chi connectivity index (χ2v) is 5.03. The zero-order valence-electron chi connectivity index (χ0n) is 12.2. The molecule has 1 aromatic rings. The number of hydrogen-bond acceptors (Lipinski definition) is 4. The lowest BCUT2D eigenvalue weighted by atomic mass is 10.1. The van der Waals surface area contributed by atoms with Crippen molar-refractivity contribution in [1.82, 2.24) is 4.90 Å². The fourth-order valence-corrected chi connectivity index (χ4v) is 2.37. The van der Waals surface area contributed by atoms with E-state index in [4.69, 9.17) is 10.00 Å². The molecule has 0 aromatic heterocycles. The zero-order chi connectivity index (χ0) is 15.4. The molecule has 2 atom stereocenters. The van der Waals surface area contributed by atoms with Crippen molar-refractivity contribution in [2.75, 3.05) is 25.1 Å². The molecule has 0 aliphatic carbocycles. The van der Waals surface area contributed by atoms with Crippen molar-refractivity contribution in [3.8, 4) is 6.07 Å². The van der Waals surface area contributed by atoms with E-state index in [1.807, 2.05) is 13.8 Å². The summed E-state index contributed by atoms with van der Waals surface area (Å²) >= 11 is 0. The third-order valence-electron chi connectivity index (χ3n) is 3.63. The summed E-state index contributed by atoms with van der Waals surface area (Å²) in [5.74, 6) is 0. The first-order valence-electron chi connectivity index (χ1n) is 6.91. The Bertz CT molecular complexity index is 568. The first-order chi connectivity index (χ1) is 10.1. The summed E-state index contributed by atoms with van der Waals surface area (Å²) in [4.78, 5) is 13.9. The number of nitrogens with zero attached hydrogens (tertiary/aromatic N) is 2. The number of carbonyl (C=O) groups excluding carboxylic acids is 1. The monoisotopic (exact) mass is 289 g/mol. The van der Waals surface area contributed by atoms with Crippen LogP contribution in [-0.4, -0.2) is 47.9 Å². The minimum absolute atomic E-state index is 0.248. The van der Waals surface area contributed by atoms with Crippen molar-refractivity contribution in [3.63, 3.8) is 0 Å². The quantitative estimate of drug-likeness (QED) is 0.882. The van der Waals surface area contributed by atoms with Crippen LogP contribution in [0.4, 0.5) is 10.5 Å². The van der Waals surface area contributed by atoms with E-state index in [0.717, 1.165) is 5.56 Å². The van der Waals surface area contributed by atoms with Crippen LogP contribution in [0.5, 0.6) is 0 Å². The molecule has 0 saturated carbocycles. The Hall–Kier alpha value is -2.10. The van der Waals surface area contributed by atoms with Gasteiger partial charge in [-0.3, -0.25) is 0 Å². The number of anilines is 1. The first kappa shape index (κ1) is 15.3. The van der Waals surface area contributed by atoms with Gasteiger partial charge >= 0.3 is 6.03 Å². The molecule has 0 radical (unpaired) electrons. The molecule has 0 spiro atoms. The van der Waals surface area contributed by atoms with Crippen LogP contribution in [0, 0.1) is 18.3 Å². The van der Waals surface area contributed by atoms with Gasteiger partial charge in [0, 0.05) is 12.2 Å². The Labute approximate surface area is 123 Å². The fraction of sp³-hybridized carbons (Fsp3) is 0.467. The van der Waals surface area contributed by atoms with E-state index in [2.05, 4.69) is 11.4 Å². The number of hydrogen-bond donors (Lipinski definition) is 2. The van der Waals surface area contributed by atoms with Crippen molar-refractivity contribution in [2.24, 2.45) is 0 Å². The Morgan fingerprint density at radius 3 is 2.90 bits per heavy atom. The highest BCUT2D eigenvalue weighted by atomic mass is 16.5. The van der Waals surface area contributed by atoms with Crippen LogP contribution in [0.15, 0.2) is 18.2 Å². The van der Waals surface area contributed by atoms with Gasteiger partial charge in [0.05, 0.1) is 37.0 Å². The molecule has 21 heavy (non-hydrogen) atoms. The van der Waals surface area contributed by atoms with E-state index in [9.17, 15) is 9.90 Å². The summed E-state index contributed by atoms with van der Waals surface area (Å²) in [5, 5.41) is 21.6. The number of amides is 2. The number of ether oxygens (including phenoxy) is 1. The van der Waals surface area contributed by atoms with Gasteiger partial charge in [-0.05, 0) is 31.5 Å². The SMILES string of the molecule is CCN(C(=O)Nc1ccc(C)c(C#N)c1)[C@H]1COC[C@@H]1O. The maximum absolute atomic E-state index is 12.3.